The molecule has 0 N–H and O–H groups in total. The van der Waals surface area contributed by atoms with Gasteiger partial charge in [-0.25, -0.2) is 0 Å². The lowest BCUT2D eigenvalue weighted by atomic mass is 10.0. The van der Waals surface area contributed by atoms with Gasteiger partial charge in [0.1, 0.15) is 6.04 Å². The summed E-state index contributed by atoms with van der Waals surface area (Å²) in [7, 11) is 0. The van der Waals surface area contributed by atoms with Crippen molar-refractivity contribution in [2.24, 2.45) is 0 Å². The molecule has 116 valence electrons. The summed E-state index contributed by atoms with van der Waals surface area (Å²) in [6, 6.07) is 0.534. The molecule has 0 unspecified atom stereocenters. The fourth-order valence-electron chi connectivity index (χ4n) is 3.23. The number of likely N-dealkylation sites (tertiary alicyclic amines) is 1. The molecule has 2 atom stereocenters. The highest BCUT2D eigenvalue weighted by molar-refractivity contribution is 5.75. The third-order valence-electron chi connectivity index (χ3n) is 4.46. The molecule has 2 aliphatic heterocycles. The van der Waals surface area contributed by atoms with Gasteiger partial charge >= 0.3 is 5.97 Å². The molecule has 2 saturated heterocycles. The Hall–Kier alpha value is -0.650. The Labute approximate surface area is 122 Å². The van der Waals surface area contributed by atoms with Gasteiger partial charge in [-0.05, 0) is 33.6 Å². The van der Waals surface area contributed by atoms with E-state index >= 15 is 0 Å². The summed E-state index contributed by atoms with van der Waals surface area (Å²) in [4.78, 5) is 16.6. The quantitative estimate of drug-likeness (QED) is 0.724. The predicted molar refractivity (Wildman–Crippen MR) is 77.7 cm³/mol. The van der Waals surface area contributed by atoms with E-state index in [2.05, 4.69) is 16.7 Å². The number of esters is 1. The Balaban J connectivity index is 1.78. The van der Waals surface area contributed by atoms with Crippen LogP contribution in [0.5, 0.6) is 0 Å². The van der Waals surface area contributed by atoms with Crippen LogP contribution in [0.25, 0.3) is 0 Å². The smallest absolute Gasteiger partial charge is 0.323 e. The van der Waals surface area contributed by atoms with E-state index in [1.807, 2.05) is 13.8 Å². The van der Waals surface area contributed by atoms with Gasteiger partial charge in [-0.1, -0.05) is 0 Å². The fourth-order valence-corrected chi connectivity index (χ4v) is 3.23. The van der Waals surface area contributed by atoms with Crippen molar-refractivity contribution in [3.63, 3.8) is 0 Å². The molecule has 2 fully saturated rings. The SMILES string of the molecule is CCOC(=O)[C@@H](C)N1CCC(N2CCO[C@@H](C)C2)CC1. The Morgan fingerprint density at radius 3 is 2.65 bits per heavy atom. The van der Waals surface area contributed by atoms with E-state index in [0.29, 0.717) is 18.8 Å². The molecule has 0 saturated carbocycles. The monoisotopic (exact) mass is 284 g/mol. The molecule has 0 bridgehead atoms. The van der Waals surface area contributed by atoms with E-state index in [1.165, 1.54) is 0 Å². The minimum absolute atomic E-state index is 0.0917. The van der Waals surface area contributed by atoms with E-state index < -0.39 is 0 Å². The third kappa shape index (κ3) is 3.93. The summed E-state index contributed by atoms with van der Waals surface area (Å²) >= 11 is 0. The van der Waals surface area contributed by atoms with E-state index in [-0.39, 0.29) is 12.0 Å². The number of carbonyl (C=O) groups excluding carboxylic acids is 1. The molecule has 0 radical (unpaired) electrons. The van der Waals surface area contributed by atoms with Crippen LogP contribution >= 0.6 is 0 Å². The molecule has 0 spiro atoms. The largest absolute Gasteiger partial charge is 0.465 e. The number of nitrogens with zero attached hydrogens (tertiary/aromatic N) is 2. The molecule has 0 aromatic carbocycles. The Kier molecular flexibility index (Phi) is 5.81. The van der Waals surface area contributed by atoms with Crippen LogP contribution in [-0.2, 0) is 14.3 Å². The van der Waals surface area contributed by atoms with Crippen LogP contribution in [-0.4, -0.2) is 73.3 Å². The number of ether oxygens (including phenoxy) is 2. The molecule has 20 heavy (non-hydrogen) atoms. The van der Waals surface area contributed by atoms with Crippen LogP contribution in [0.4, 0.5) is 0 Å². The van der Waals surface area contributed by atoms with E-state index in [1.54, 1.807) is 0 Å². The number of carbonyl (C=O) groups is 1. The summed E-state index contributed by atoms with van der Waals surface area (Å²) in [5.74, 6) is -0.0917. The van der Waals surface area contributed by atoms with Gasteiger partial charge in [0.15, 0.2) is 0 Å². The van der Waals surface area contributed by atoms with Crippen molar-refractivity contribution in [3.05, 3.63) is 0 Å². The first-order chi connectivity index (χ1) is 9.61. The van der Waals surface area contributed by atoms with Crippen molar-refractivity contribution in [1.29, 1.82) is 0 Å². The zero-order valence-corrected chi connectivity index (χ0v) is 13.0. The van der Waals surface area contributed by atoms with Crippen molar-refractivity contribution >= 4 is 5.97 Å². The summed E-state index contributed by atoms with van der Waals surface area (Å²) in [6.45, 7) is 11.3. The second kappa shape index (κ2) is 7.38. The van der Waals surface area contributed by atoms with Gasteiger partial charge < -0.3 is 9.47 Å². The standard InChI is InChI=1S/C15H28N2O3/c1-4-19-15(18)13(3)16-7-5-14(6-8-16)17-9-10-20-12(2)11-17/h12-14H,4-11H2,1-3H3/t12-,13+/m0/s1. The number of hydrogen-bond acceptors (Lipinski definition) is 5. The highest BCUT2D eigenvalue weighted by Gasteiger charge is 2.31. The average molecular weight is 284 g/mol. The van der Waals surface area contributed by atoms with Crippen LogP contribution in [0, 0.1) is 0 Å². The van der Waals surface area contributed by atoms with Crippen molar-refractivity contribution in [2.45, 2.75) is 51.8 Å². The molecule has 0 aromatic heterocycles. The Bertz CT molecular complexity index is 316. The lowest BCUT2D eigenvalue weighted by Gasteiger charge is -2.42. The van der Waals surface area contributed by atoms with Crippen molar-refractivity contribution in [3.8, 4) is 0 Å². The van der Waals surface area contributed by atoms with E-state index in [0.717, 1.165) is 45.6 Å². The Morgan fingerprint density at radius 1 is 1.35 bits per heavy atom. The molecule has 2 aliphatic rings. The maximum absolute atomic E-state index is 11.8. The molecule has 0 aliphatic carbocycles. The lowest BCUT2D eigenvalue weighted by Crippen LogP contribution is -2.53. The normalized spacial score (nSPS) is 28.2. The Morgan fingerprint density at radius 2 is 2.05 bits per heavy atom. The molecule has 2 rings (SSSR count). The summed E-state index contributed by atoms with van der Waals surface area (Å²) in [5.41, 5.74) is 0. The fraction of sp³-hybridized carbons (Fsp3) is 0.933. The number of piperidine rings is 1. The van der Waals surface area contributed by atoms with Gasteiger partial charge in [-0.2, -0.15) is 0 Å². The van der Waals surface area contributed by atoms with Crippen LogP contribution in [0.15, 0.2) is 0 Å². The summed E-state index contributed by atoms with van der Waals surface area (Å²) < 4.78 is 10.7. The number of rotatable bonds is 4. The molecule has 2 heterocycles. The van der Waals surface area contributed by atoms with Crippen molar-refractivity contribution in [1.82, 2.24) is 9.80 Å². The van der Waals surface area contributed by atoms with Crippen molar-refractivity contribution in [2.75, 3.05) is 39.4 Å². The summed E-state index contributed by atoms with van der Waals surface area (Å²) in [5, 5.41) is 0. The van der Waals surface area contributed by atoms with Gasteiger partial charge in [0.05, 0.1) is 19.3 Å². The topological polar surface area (TPSA) is 42.0 Å². The number of morpholine rings is 1. The second-order valence-electron chi connectivity index (χ2n) is 5.87. The van der Waals surface area contributed by atoms with Crippen LogP contribution in [0.2, 0.25) is 0 Å². The first kappa shape index (κ1) is 15.7. The molecule has 0 aromatic rings. The van der Waals surface area contributed by atoms with Gasteiger partial charge in [0.25, 0.3) is 0 Å². The molecular formula is C15H28N2O3. The maximum atomic E-state index is 11.8. The van der Waals surface area contributed by atoms with Crippen LogP contribution < -0.4 is 0 Å². The average Bonchev–Trinajstić information content (AvgIpc) is 2.47. The van der Waals surface area contributed by atoms with Crippen LogP contribution in [0.3, 0.4) is 0 Å². The third-order valence-corrected chi connectivity index (χ3v) is 4.46. The minimum Gasteiger partial charge on any atom is -0.465 e. The molecule has 5 heteroatoms. The predicted octanol–water partition coefficient (Wildman–Crippen LogP) is 1.12. The van der Waals surface area contributed by atoms with E-state index in [4.69, 9.17) is 9.47 Å². The van der Waals surface area contributed by atoms with E-state index in [9.17, 15) is 4.79 Å². The number of hydrogen-bond donors (Lipinski definition) is 0. The van der Waals surface area contributed by atoms with Crippen LogP contribution in [0.1, 0.15) is 33.6 Å². The van der Waals surface area contributed by atoms with Crippen molar-refractivity contribution < 1.29 is 14.3 Å². The van der Waals surface area contributed by atoms with Gasteiger partial charge in [-0.15, -0.1) is 0 Å². The maximum Gasteiger partial charge on any atom is 0.323 e. The second-order valence-corrected chi connectivity index (χ2v) is 5.87. The first-order valence-electron chi connectivity index (χ1n) is 7.88. The summed E-state index contributed by atoms with van der Waals surface area (Å²) in [6.07, 6.45) is 2.62. The highest BCUT2D eigenvalue weighted by atomic mass is 16.5. The molecule has 5 nitrogen and oxygen atoms in total. The first-order valence-corrected chi connectivity index (χ1v) is 7.88. The zero-order chi connectivity index (χ0) is 14.5. The minimum atomic E-state index is -0.112. The highest BCUT2D eigenvalue weighted by Crippen LogP contribution is 2.20. The van der Waals surface area contributed by atoms with Gasteiger partial charge in [0.2, 0.25) is 0 Å². The van der Waals surface area contributed by atoms with Gasteiger partial charge in [-0.3, -0.25) is 14.6 Å². The molecule has 0 amide bonds. The lowest BCUT2D eigenvalue weighted by molar-refractivity contribution is -0.149. The van der Waals surface area contributed by atoms with Gasteiger partial charge in [0, 0.05) is 32.2 Å². The molecular weight excluding hydrogens is 256 g/mol. The zero-order valence-electron chi connectivity index (χ0n) is 13.0.